The van der Waals surface area contributed by atoms with Crippen molar-refractivity contribution in [1.82, 2.24) is 24.8 Å². The second-order valence-electron chi connectivity index (χ2n) is 7.68. The minimum absolute atomic E-state index is 0.208. The number of anilines is 1. The lowest BCUT2D eigenvalue weighted by molar-refractivity contribution is -0.132. The van der Waals surface area contributed by atoms with Crippen molar-refractivity contribution in [3.05, 3.63) is 32.9 Å². The molecule has 11 heteroatoms. The van der Waals surface area contributed by atoms with Crippen molar-refractivity contribution in [2.45, 2.75) is 24.7 Å². The molecule has 0 aromatic carbocycles. The monoisotopic (exact) mass is 502 g/mol. The van der Waals surface area contributed by atoms with Gasteiger partial charge in [0.1, 0.15) is 6.10 Å². The van der Waals surface area contributed by atoms with E-state index in [0.717, 1.165) is 8.66 Å². The van der Waals surface area contributed by atoms with Crippen LogP contribution in [0.3, 0.4) is 0 Å². The van der Waals surface area contributed by atoms with Gasteiger partial charge in [-0.2, -0.15) is 0 Å². The molecule has 4 N–H and O–H groups in total. The molecule has 3 aromatic rings. The number of nitrogens with zero attached hydrogens (tertiary/aromatic N) is 4. The first-order valence-electron chi connectivity index (χ1n) is 9.68. The fourth-order valence-electron chi connectivity index (χ4n) is 4.65. The average Bonchev–Trinajstić information content (AvgIpc) is 3.02. The number of aliphatic hydroxyl groups excluding tert-OH is 2. The smallest absolute Gasteiger partial charge is 0.229 e. The normalized spacial score (nSPS) is 28.7. The maximum Gasteiger partial charge on any atom is 0.229 e. The van der Waals surface area contributed by atoms with Gasteiger partial charge in [-0.05, 0) is 46.3 Å². The Kier molecular flexibility index (Phi) is 4.78. The number of halogens is 1. The van der Waals surface area contributed by atoms with E-state index in [1.54, 1.807) is 17.9 Å². The minimum atomic E-state index is -1.15. The molecule has 2 saturated carbocycles. The van der Waals surface area contributed by atoms with Crippen LogP contribution in [0, 0.1) is 23.2 Å². The number of hydrogen-bond donors (Lipinski definition) is 4. The molecule has 2 fully saturated rings. The molecule has 31 heavy (non-hydrogen) atoms. The second kappa shape index (κ2) is 7.27. The summed E-state index contributed by atoms with van der Waals surface area (Å²) in [5.41, 5.74) is 0.0577. The SMILES string of the molecule is CNC(=O)C12CC1[C@@H](n1cnc3c(NC)nc(C#Cc4ccc(Br)s4)nc31)[C@H](O)[C@@H]2O. The van der Waals surface area contributed by atoms with Crippen molar-refractivity contribution in [2.24, 2.45) is 11.3 Å². The van der Waals surface area contributed by atoms with E-state index in [9.17, 15) is 15.0 Å². The summed E-state index contributed by atoms with van der Waals surface area (Å²) in [5, 5.41) is 27.1. The Labute approximate surface area is 190 Å². The van der Waals surface area contributed by atoms with Crippen LogP contribution in [-0.4, -0.2) is 61.9 Å². The third-order valence-corrected chi connectivity index (χ3v) is 7.71. The quantitative estimate of drug-likeness (QED) is 0.395. The summed E-state index contributed by atoms with van der Waals surface area (Å²) >= 11 is 4.93. The van der Waals surface area contributed by atoms with Gasteiger partial charge in [0.2, 0.25) is 11.7 Å². The van der Waals surface area contributed by atoms with Crippen molar-refractivity contribution in [3.8, 4) is 11.8 Å². The molecule has 2 aliphatic rings. The number of rotatable bonds is 3. The predicted molar refractivity (Wildman–Crippen MR) is 119 cm³/mol. The van der Waals surface area contributed by atoms with Crippen molar-refractivity contribution in [2.75, 3.05) is 19.4 Å². The van der Waals surface area contributed by atoms with Crippen LogP contribution in [0.1, 0.15) is 23.2 Å². The maximum absolute atomic E-state index is 12.4. The van der Waals surface area contributed by atoms with E-state index < -0.39 is 23.7 Å². The zero-order valence-electron chi connectivity index (χ0n) is 16.6. The average molecular weight is 503 g/mol. The molecule has 2 unspecified atom stereocenters. The highest BCUT2D eigenvalue weighted by Gasteiger charge is 2.75. The van der Waals surface area contributed by atoms with Gasteiger partial charge in [-0.3, -0.25) is 4.79 Å². The van der Waals surface area contributed by atoms with Crippen LogP contribution >= 0.6 is 27.3 Å². The Hall–Kier alpha value is -2.52. The minimum Gasteiger partial charge on any atom is -0.389 e. The van der Waals surface area contributed by atoms with Gasteiger partial charge >= 0.3 is 0 Å². The number of thiophene rings is 1. The number of amides is 1. The summed E-state index contributed by atoms with van der Waals surface area (Å²) in [4.78, 5) is 26.8. The molecule has 0 saturated heterocycles. The Morgan fingerprint density at radius 3 is 2.81 bits per heavy atom. The van der Waals surface area contributed by atoms with Crippen LogP contribution in [-0.2, 0) is 4.79 Å². The van der Waals surface area contributed by atoms with E-state index in [0.29, 0.717) is 29.2 Å². The lowest BCUT2D eigenvalue weighted by Gasteiger charge is -2.23. The fraction of sp³-hybridized carbons (Fsp3) is 0.400. The van der Waals surface area contributed by atoms with Gasteiger partial charge in [-0.15, -0.1) is 11.3 Å². The first kappa shape index (κ1) is 20.4. The lowest BCUT2D eigenvalue weighted by atomic mass is 9.98. The molecule has 0 aliphatic heterocycles. The van der Waals surface area contributed by atoms with Crippen LogP contribution < -0.4 is 10.6 Å². The van der Waals surface area contributed by atoms with Gasteiger partial charge in [0.25, 0.3) is 0 Å². The number of carbonyl (C=O) groups is 1. The van der Waals surface area contributed by atoms with Gasteiger partial charge in [-0.25, -0.2) is 15.0 Å². The molecule has 2 aliphatic carbocycles. The Morgan fingerprint density at radius 1 is 1.32 bits per heavy atom. The van der Waals surface area contributed by atoms with Crippen LogP contribution in [0.5, 0.6) is 0 Å². The highest BCUT2D eigenvalue weighted by Crippen LogP contribution is 2.67. The fourth-order valence-corrected chi connectivity index (χ4v) is 5.89. The van der Waals surface area contributed by atoms with Gasteiger partial charge in [0, 0.05) is 20.0 Å². The molecule has 3 aromatic heterocycles. The molecule has 3 heterocycles. The summed E-state index contributed by atoms with van der Waals surface area (Å²) < 4.78 is 2.72. The molecule has 1 amide bonds. The first-order valence-corrected chi connectivity index (χ1v) is 11.3. The molecule has 0 radical (unpaired) electrons. The summed E-state index contributed by atoms with van der Waals surface area (Å²) in [6.45, 7) is 0. The topological polar surface area (TPSA) is 125 Å². The second-order valence-corrected chi connectivity index (χ2v) is 10.1. The van der Waals surface area contributed by atoms with Gasteiger partial charge in [0.05, 0.1) is 32.6 Å². The van der Waals surface area contributed by atoms with Crippen molar-refractivity contribution in [1.29, 1.82) is 0 Å². The molecule has 5 atom stereocenters. The number of imidazole rings is 1. The zero-order chi connectivity index (χ0) is 21.9. The highest BCUT2D eigenvalue weighted by molar-refractivity contribution is 9.11. The molecule has 0 bridgehead atoms. The van der Waals surface area contributed by atoms with Crippen LogP contribution in [0.4, 0.5) is 5.82 Å². The number of aliphatic hydroxyl groups is 2. The molecular formula is C20H19BrN6O3S. The summed E-state index contributed by atoms with van der Waals surface area (Å²) in [6.07, 6.45) is -0.187. The number of nitrogens with one attached hydrogen (secondary N) is 2. The van der Waals surface area contributed by atoms with Crippen molar-refractivity contribution < 1.29 is 15.0 Å². The van der Waals surface area contributed by atoms with E-state index in [1.165, 1.54) is 18.4 Å². The van der Waals surface area contributed by atoms with Crippen LogP contribution in [0.2, 0.25) is 0 Å². The lowest BCUT2D eigenvalue weighted by Crippen LogP contribution is -2.41. The summed E-state index contributed by atoms with van der Waals surface area (Å²) in [5.74, 6) is 6.40. The van der Waals surface area contributed by atoms with Crippen molar-refractivity contribution >= 4 is 50.2 Å². The van der Waals surface area contributed by atoms with Gasteiger partial charge in [-0.1, -0.05) is 0 Å². The molecule has 9 nitrogen and oxygen atoms in total. The summed E-state index contributed by atoms with van der Waals surface area (Å²) in [6, 6.07) is 3.31. The predicted octanol–water partition coefficient (Wildman–Crippen LogP) is 1.12. The third-order valence-electron chi connectivity index (χ3n) is 6.17. The van der Waals surface area contributed by atoms with Crippen LogP contribution in [0.25, 0.3) is 11.2 Å². The Morgan fingerprint density at radius 2 is 2.13 bits per heavy atom. The third kappa shape index (κ3) is 2.97. The van der Waals surface area contributed by atoms with Gasteiger partial charge in [0.15, 0.2) is 17.0 Å². The van der Waals surface area contributed by atoms with E-state index in [-0.39, 0.29) is 11.8 Å². The maximum atomic E-state index is 12.4. The van der Waals surface area contributed by atoms with E-state index in [1.807, 2.05) is 12.1 Å². The van der Waals surface area contributed by atoms with Crippen molar-refractivity contribution in [3.63, 3.8) is 0 Å². The standard InChI is InChI=1S/C20H19BrN6O3S/c1-22-17-13-18(26-12(25-17)6-4-9-3-5-11(21)31-9)27(8-24-13)14-10-7-20(10,19(30)23-2)16(29)15(14)28/h3,5,8,10,14-16,28-29H,7H2,1-2H3,(H,23,30)(H,22,25,26)/t10?,14-,15+,16+,20?/m1/s1. The van der Waals surface area contributed by atoms with E-state index in [2.05, 4.69) is 53.4 Å². The Balaban J connectivity index is 1.58. The highest BCUT2D eigenvalue weighted by atomic mass is 79.9. The van der Waals surface area contributed by atoms with Crippen LogP contribution in [0.15, 0.2) is 22.2 Å². The molecular weight excluding hydrogens is 484 g/mol. The number of carbonyl (C=O) groups excluding carboxylic acids is 1. The molecule has 0 spiro atoms. The number of fused-ring (bicyclic) bond motifs is 2. The first-order chi connectivity index (χ1) is 14.9. The largest absolute Gasteiger partial charge is 0.389 e. The molecule has 160 valence electrons. The summed E-state index contributed by atoms with van der Waals surface area (Å²) in [7, 11) is 3.27. The zero-order valence-corrected chi connectivity index (χ0v) is 19.0. The van der Waals surface area contributed by atoms with E-state index >= 15 is 0 Å². The number of aromatic nitrogens is 4. The van der Waals surface area contributed by atoms with Gasteiger partial charge < -0.3 is 25.4 Å². The molecule has 5 rings (SSSR count). The van der Waals surface area contributed by atoms with E-state index in [4.69, 9.17) is 0 Å². The Bertz CT molecular complexity index is 1260. The number of hydrogen-bond acceptors (Lipinski definition) is 8.